The maximum atomic E-state index is 15.4. The Hall–Kier alpha value is -3.13. The van der Waals surface area contributed by atoms with Gasteiger partial charge in [0.25, 0.3) is 0 Å². The van der Waals surface area contributed by atoms with Gasteiger partial charge in [-0.05, 0) is 38.9 Å². The zero-order chi connectivity index (χ0) is 22.0. The maximum Gasteiger partial charge on any atom is 0.341 e. The lowest BCUT2D eigenvalue weighted by Crippen LogP contribution is -2.37. The lowest BCUT2D eigenvalue weighted by atomic mass is 10.0. The molecular formula is C25H32FN3O4. The van der Waals surface area contributed by atoms with Gasteiger partial charge in [0, 0.05) is 48.8 Å². The molecule has 2 aliphatic rings. The number of aromatic carboxylic acids is 1. The highest BCUT2D eigenvalue weighted by Gasteiger charge is 2.31. The molecule has 1 saturated carbocycles. The standard InChI is InChI=1S/C23H24FN3O4.2CH4/c1-12-8-26-9-13(6-15(26)10-25(12)2)19-18(24)7-16-20(22(19)31-3)27(14-4-5-14)11-17(21(16)28)23(29)30;;/h6-7,9,11-12,14H,4-5,8,10H2,1-3H3,(H,29,30);2*1H4/t12-;;/m1../s1. The van der Waals surface area contributed by atoms with E-state index in [-0.39, 0.29) is 37.6 Å². The van der Waals surface area contributed by atoms with Crippen LogP contribution in [0.15, 0.2) is 29.3 Å². The first-order valence-electron chi connectivity index (χ1n) is 10.4. The van der Waals surface area contributed by atoms with Crippen molar-refractivity contribution in [1.29, 1.82) is 0 Å². The minimum Gasteiger partial charge on any atom is -0.494 e. The molecule has 178 valence electrons. The van der Waals surface area contributed by atoms with Crippen LogP contribution in [0, 0.1) is 5.82 Å². The van der Waals surface area contributed by atoms with Crippen LogP contribution >= 0.6 is 0 Å². The molecule has 7 nitrogen and oxygen atoms in total. The second-order valence-corrected chi connectivity index (χ2v) is 8.61. The van der Waals surface area contributed by atoms with Gasteiger partial charge in [-0.1, -0.05) is 14.9 Å². The molecule has 0 unspecified atom stereocenters. The van der Waals surface area contributed by atoms with Gasteiger partial charge in [0.05, 0.1) is 23.6 Å². The SMILES string of the molecule is C.C.COc1c(-c2cc3n(c2)C[C@@H](C)N(C)C3)c(F)cc2c(=O)c(C(=O)O)cn(C3CC3)c12. The summed E-state index contributed by atoms with van der Waals surface area (Å²) in [6.45, 7) is 3.71. The molecule has 0 saturated heterocycles. The Morgan fingerprint density at radius 1 is 1.21 bits per heavy atom. The van der Waals surface area contributed by atoms with Crippen molar-refractivity contribution in [1.82, 2.24) is 14.0 Å². The molecule has 1 N–H and O–H groups in total. The van der Waals surface area contributed by atoms with E-state index in [4.69, 9.17) is 4.74 Å². The molecule has 3 aromatic rings. The lowest BCUT2D eigenvalue weighted by Gasteiger charge is -2.31. The van der Waals surface area contributed by atoms with E-state index in [2.05, 4.69) is 23.4 Å². The van der Waals surface area contributed by atoms with Gasteiger partial charge in [0.1, 0.15) is 11.4 Å². The number of methoxy groups -OCH3 is 1. The number of rotatable bonds is 4. The highest BCUT2D eigenvalue weighted by Crippen LogP contribution is 2.44. The highest BCUT2D eigenvalue weighted by atomic mass is 19.1. The van der Waals surface area contributed by atoms with Crippen LogP contribution in [0.25, 0.3) is 22.0 Å². The minimum absolute atomic E-state index is 0. The molecule has 33 heavy (non-hydrogen) atoms. The number of carbonyl (C=O) groups is 1. The van der Waals surface area contributed by atoms with Gasteiger partial charge in [0.15, 0.2) is 5.75 Å². The van der Waals surface area contributed by atoms with Crippen LogP contribution in [0.5, 0.6) is 5.75 Å². The Kier molecular flexibility index (Phi) is 6.44. The fourth-order valence-corrected chi connectivity index (χ4v) is 4.54. The second-order valence-electron chi connectivity index (χ2n) is 8.61. The topological polar surface area (TPSA) is 76.7 Å². The Bertz CT molecular complexity index is 1260. The van der Waals surface area contributed by atoms with E-state index in [1.165, 1.54) is 13.3 Å². The molecule has 1 atom stereocenters. The summed E-state index contributed by atoms with van der Waals surface area (Å²) >= 11 is 0. The molecule has 1 aliphatic carbocycles. The number of halogens is 1. The monoisotopic (exact) mass is 457 g/mol. The summed E-state index contributed by atoms with van der Waals surface area (Å²) in [6, 6.07) is 3.56. The molecule has 0 radical (unpaired) electrons. The summed E-state index contributed by atoms with van der Waals surface area (Å²) in [5.41, 5.74) is 1.46. The zero-order valence-electron chi connectivity index (χ0n) is 17.7. The van der Waals surface area contributed by atoms with Crippen molar-refractivity contribution >= 4 is 16.9 Å². The van der Waals surface area contributed by atoms with Crippen LogP contribution < -0.4 is 10.2 Å². The van der Waals surface area contributed by atoms with Crippen LogP contribution in [0.2, 0.25) is 0 Å². The van der Waals surface area contributed by atoms with E-state index in [9.17, 15) is 14.7 Å². The Morgan fingerprint density at radius 2 is 1.91 bits per heavy atom. The van der Waals surface area contributed by atoms with Crippen molar-refractivity contribution in [2.75, 3.05) is 14.2 Å². The first-order valence-corrected chi connectivity index (χ1v) is 10.4. The van der Waals surface area contributed by atoms with E-state index in [1.54, 1.807) is 4.57 Å². The molecule has 5 rings (SSSR count). The van der Waals surface area contributed by atoms with Crippen LogP contribution in [0.3, 0.4) is 0 Å². The summed E-state index contributed by atoms with van der Waals surface area (Å²) in [5, 5.41) is 9.50. The Labute approximate surface area is 193 Å². The quantitative estimate of drug-likeness (QED) is 0.611. The van der Waals surface area contributed by atoms with E-state index < -0.39 is 17.2 Å². The number of pyridine rings is 1. The fourth-order valence-electron chi connectivity index (χ4n) is 4.54. The average molecular weight is 458 g/mol. The van der Waals surface area contributed by atoms with Crippen molar-refractivity contribution in [2.45, 2.75) is 59.8 Å². The van der Waals surface area contributed by atoms with Gasteiger partial charge in [-0.25, -0.2) is 9.18 Å². The number of benzene rings is 1. The van der Waals surface area contributed by atoms with Crippen LogP contribution in [0.1, 0.15) is 56.7 Å². The smallest absolute Gasteiger partial charge is 0.341 e. The van der Waals surface area contributed by atoms with Gasteiger partial charge in [0.2, 0.25) is 5.43 Å². The first-order chi connectivity index (χ1) is 14.8. The average Bonchev–Trinajstić information content (AvgIpc) is 3.49. The summed E-state index contributed by atoms with van der Waals surface area (Å²) in [7, 11) is 3.52. The number of aromatic nitrogens is 2. The van der Waals surface area contributed by atoms with Crippen LogP contribution in [0.4, 0.5) is 4.39 Å². The third-order valence-corrected chi connectivity index (χ3v) is 6.50. The number of ether oxygens (including phenoxy) is 1. The maximum absolute atomic E-state index is 15.4. The number of nitrogens with zero attached hydrogens (tertiary/aromatic N) is 3. The lowest BCUT2D eigenvalue weighted by molar-refractivity contribution is 0.0694. The number of carboxylic acid groups (broad SMARTS) is 1. The molecule has 1 aliphatic heterocycles. The molecule has 1 fully saturated rings. The first kappa shape index (κ1) is 24.5. The fraction of sp³-hybridized carbons (Fsp3) is 0.440. The normalized spacial score (nSPS) is 17.8. The van der Waals surface area contributed by atoms with Crippen molar-refractivity contribution in [2.24, 2.45) is 0 Å². The second kappa shape index (κ2) is 8.67. The van der Waals surface area contributed by atoms with E-state index in [0.717, 1.165) is 37.7 Å². The van der Waals surface area contributed by atoms with Crippen molar-refractivity contribution in [3.63, 3.8) is 0 Å². The third kappa shape index (κ3) is 3.82. The molecule has 0 amide bonds. The molecule has 8 heteroatoms. The summed E-state index contributed by atoms with van der Waals surface area (Å²) in [6.07, 6.45) is 5.04. The van der Waals surface area contributed by atoms with E-state index in [0.29, 0.717) is 22.7 Å². The van der Waals surface area contributed by atoms with Crippen molar-refractivity contribution < 1.29 is 19.0 Å². The number of fused-ring (bicyclic) bond motifs is 2. The van der Waals surface area contributed by atoms with Gasteiger partial charge < -0.3 is 19.0 Å². The molecule has 1 aromatic carbocycles. The molecule has 2 aromatic heterocycles. The summed E-state index contributed by atoms with van der Waals surface area (Å²) in [5.74, 6) is -1.65. The number of hydrogen-bond donors (Lipinski definition) is 1. The minimum atomic E-state index is -1.32. The molecule has 0 spiro atoms. The third-order valence-electron chi connectivity index (χ3n) is 6.50. The van der Waals surface area contributed by atoms with Gasteiger partial charge in [-0.2, -0.15) is 0 Å². The number of carboxylic acids is 1. The predicted molar refractivity (Wildman–Crippen MR) is 128 cm³/mol. The number of hydrogen-bond acceptors (Lipinski definition) is 4. The van der Waals surface area contributed by atoms with Crippen molar-refractivity contribution in [3.05, 3.63) is 51.8 Å². The molecule has 3 heterocycles. The summed E-state index contributed by atoms with van der Waals surface area (Å²) < 4.78 is 25.0. The Morgan fingerprint density at radius 3 is 2.52 bits per heavy atom. The molecular weight excluding hydrogens is 425 g/mol. The summed E-state index contributed by atoms with van der Waals surface area (Å²) in [4.78, 5) is 26.7. The molecule has 0 bridgehead atoms. The van der Waals surface area contributed by atoms with E-state index >= 15 is 4.39 Å². The van der Waals surface area contributed by atoms with Gasteiger partial charge >= 0.3 is 5.97 Å². The Balaban J connectivity index is 0.00000153. The number of likely N-dealkylation sites (N-methyl/N-ethyl adjacent to an activating group) is 1. The highest BCUT2D eigenvalue weighted by molar-refractivity contribution is 5.98. The predicted octanol–water partition coefficient (Wildman–Crippen LogP) is 4.76. The largest absolute Gasteiger partial charge is 0.494 e. The van der Waals surface area contributed by atoms with Crippen molar-refractivity contribution in [3.8, 4) is 16.9 Å². The van der Waals surface area contributed by atoms with Gasteiger partial charge in [-0.15, -0.1) is 0 Å². The van der Waals surface area contributed by atoms with E-state index in [1.807, 2.05) is 12.3 Å². The van der Waals surface area contributed by atoms with Crippen LogP contribution in [-0.4, -0.2) is 45.3 Å². The van der Waals surface area contributed by atoms with Gasteiger partial charge in [-0.3, -0.25) is 9.69 Å². The van der Waals surface area contributed by atoms with Crippen LogP contribution in [-0.2, 0) is 13.1 Å². The zero-order valence-corrected chi connectivity index (χ0v) is 17.7.